The normalized spacial score (nSPS) is 23.3. The number of ketones is 1. The molecule has 2 aliphatic rings. The molecule has 1 N–H and O–H groups in total. The van der Waals surface area contributed by atoms with Gasteiger partial charge >= 0.3 is 0 Å². The predicted octanol–water partition coefficient (Wildman–Crippen LogP) is 3.59. The summed E-state index contributed by atoms with van der Waals surface area (Å²) in [5, 5.41) is 11.0. The minimum atomic E-state index is -0.797. The molecule has 0 bridgehead atoms. The second-order valence-corrected chi connectivity index (χ2v) is 7.49. The number of ether oxygens (including phenoxy) is 2. The van der Waals surface area contributed by atoms with Crippen LogP contribution in [-0.4, -0.2) is 47.6 Å². The Morgan fingerprint density at radius 2 is 1.97 bits per heavy atom. The fourth-order valence-corrected chi connectivity index (χ4v) is 4.00. The third-order valence-electron chi connectivity index (χ3n) is 5.43. The molecule has 7 heteroatoms. The first-order valence-electron chi connectivity index (χ1n) is 10.2. The maximum atomic E-state index is 12.9. The summed E-state index contributed by atoms with van der Waals surface area (Å²) in [7, 11) is 0. The highest BCUT2D eigenvalue weighted by molar-refractivity contribution is 6.46. The molecule has 1 aromatic carbocycles. The van der Waals surface area contributed by atoms with Crippen molar-refractivity contribution in [3.63, 3.8) is 0 Å². The lowest BCUT2D eigenvalue weighted by atomic mass is 9.99. The van der Waals surface area contributed by atoms with Crippen LogP contribution in [0, 0.1) is 6.92 Å². The Labute approximate surface area is 174 Å². The van der Waals surface area contributed by atoms with E-state index < -0.39 is 17.7 Å². The average Bonchev–Trinajstić information content (AvgIpc) is 3.46. The maximum absolute atomic E-state index is 12.9. The number of aliphatic hydroxyl groups is 1. The fraction of sp³-hybridized carbons (Fsp3) is 0.391. The number of Topliss-reactive ketones (excluding diaryl/α,β-unsaturated/α-hetero) is 1. The van der Waals surface area contributed by atoms with Crippen LogP contribution in [0.3, 0.4) is 0 Å². The van der Waals surface area contributed by atoms with Crippen LogP contribution in [0.25, 0.3) is 5.76 Å². The van der Waals surface area contributed by atoms with Gasteiger partial charge in [-0.05, 0) is 63.1 Å². The molecule has 2 aliphatic heterocycles. The summed E-state index contributed by atoms with van der Waals surface area (Å²) in [4.78, 5) is 27.3. The van der Waals surface area contributed by atoms with Gasteiger partial charge < -0.3 is 23.9 Å². The minimum absolute atomic E-state index is 0.0245. The van der Waals surface area contributed by atoms with Crippen molar-refractivity contribution >= 4 is 17.4 Å². The van der Waals surface area contributed by atoms with Crippen LogP contribution < -0.4 is 4.74 Å². The van der Waals surface area contributed by atoms with Gasteiger partial charge in [0.25, 0.3) is 11.7 Å². The highest BCUT2D eigenvalue weighted by Crippen LogP contribution is 2.40. The summed E-state index contributed by atoms with van der Waals surface area (Å²) in [6.45, 7) is 5.12. The van der Waals surface area contributed by atoms with Crippen molar-refractivity contribution in [1.82, 2.24) is 4.90 Å². The van der Waals surface area contributed by atoms with Gasteiger partial charge in [-0.25, -0.2) is 0 Å². The zero-order valence-electron chi connectivity index (χ0n) is 17.1. The van der Waals surface area contributed by atoms with Crippen molar-refractivity contribution in [3.8, 4) is 5.75 Å². The van der Waals surface area contributed by atoms with Gasteiger partial charge in [-0.3, -0.25) is 9.59 Å². The van der Waals surface area contributed by atoms with Crippen LogP contribution in [-0.2, 0) is 14.3 Å². The lowest BCUT2D eigenvalue weighted by molar-refractivity contribution is -0.141. The molecule has 0 radical (unpaired) electrons. The van der Waals surface area contributed by atoms with E-state index in [1.807, 2.05) is 6.92 Å². The number of benzene rings is 1. The van der Waals surface area contributed by atoms with Crippen LogP contribution in [0.5, 0.6) is 5.75 Å². The van der Waals surface area contributed by atoms with Gasteiger partial charge in [-0.15, -0.1) is 0 Å². The smallest absolute Gasteiger partial charge is 0.295 e. The summed E-state index contributed by atoms with van der Waals surface area (Å²) in [5.41, 5.74) is 0.457. The highest BCUT2D eigenvalue weighted by Gasteiger charge is 2.48. The van der Waals surface area contributed by atoms with E-state index in [9.17, 15) is 14.7 Å². The fourth-order valence-electron chi connectivity index (χ4n) is 4.00. The Kier molecular flexibility index (Phi) is 5.63. The molecule has 2 saturated heterocycles. The predicted molar refractivity (Wildman–Crippen MR) is 109 cm³/mol. The Morgan fingerprint density at radius 1 is 1.20 bits per heavy atom. The number of hydrogen-bond donors (Lipinski definition) is 1. The molecule has 2 atom stereocenters. The van der Waals surface area contributed by atoms with E-state index in [1.54, 1.807) is 43.3 Å². The highest BCUT2D eigenvalue weighted by atomic mass is 16.5. The number of furan rings is 1. The number of aryl methyl sites for hydroxylation is 1. The van der Waals surface area contributed by atoms with E-state index in [2.05, 4.69) is 0 Å². The quantitative estimate of drug-likeness (QED) is 0.444. The number of aliphatic hydroxyl groups excluding tert-OH is 1. The Morgan fingerprint density at radius 3 is 2.57 bits per heavy atom. The Balaban J connectivity index is 1.76. The standard InChI is InChI=1S/C23H25NO6/c1-3-28-16-9-7-15(8-10-16)21(25)19-20(18-11-6-14(2)30-18)24(23(27)22(19)26)13-17-5-4-12-29-17/h6-11,17,20,25H,3-5,12-13H2,1-2H3/t17-,20+/m1/s1. The van der Waals surface area contributed by atoms with Gasteiger partial charge in [-0.1, -0.05) is 0 Å². The van der Waals surface area contributed by atoms with Gasteiger partial charge in [-0.2, -0.15) is 0 Å². The van der Waals surface area contributed by atoms with Crippen LogP contribution in [0.1, 0.15) is 42.9 Å². The number of nitrogens with zero attached hydrogens (tertiary/aromatic N) is 1. The van der Waals surface area contributed by atoms with Crippen molar-refractivity contribution in [1.29, 1.82) is 0 Å². The lowest BCUT2D eigenvalue weighted by Crippen LogP contribution is -2.36. The van der Waals surface area contributed by atoms with Crippen LogP contribution in [0.4, 0.5) is 0 Å². The number of carbonyl (C=O) groups is 2. The van der Waals surface area contributed by atoms with Gasteiger partial charge in [0.05, 0.1) is 18.3 Å². The largest absolute Gasteiger partial charge is 0.507 e. The molecule has 0 spiro atoms. The van der Waals surface area contributed by atoms with Crippen molar-refractivity contribution in [2.75, 3.05) is 19.8 Å². The molecule has 2 fully saturated rings. The molecule has 30 heavy (non-hydrogen) atoms. The topological polar surface area (TPSA) is 89.2 Å². The first-order chi connectivity index (χ1) is 14.5. The number of rotatable bonds is 6. The van der Waals surface area contributed by atoms with Crippen molar-refractivity contribution in [2.24, 2.45) is 0 Å². The molecular formula is C23H25NO6. The summed E-state index contributed by atoms with van der Waals surface area (Å²) < 4.78 is 16.9. The monoisotopic (exact) mass is 411 g/mol. The Hall–Kier alpha value is -3.06. The lowest BCUT2D eigenvalue weighted by Gasteiger charge is -2.25. The minimum Gasteiger partial charge on any atom is -0.507 e. The van der Waals surface area contributed by atoms with Crippen LogP contribution in [0.15, 0.2) is 46.4 Å². The maximum Gasteiger partial charge on any atom is 0.295 e. The van der Waals surface area contributed by atoms with E-state index in [-0.39, 0.29) is 24.0 Å². The molecule has 1 aromatic heterocycles. The van der Waals surface area contributed by atoms with E-state index in [1.165, 1.54) is 4.90 Å². The molecule has 3 heterocycles. The zero-order chi connectivity index (χ0) is 21.3. The third-order valence-corrected chi connectivity index (χ3v) is 5.43. The first kappa shape index (κ1) is 20.2. The Bertz CT molecular complexity index is 968. The molecule has 0 aliphatic carbocycles. The zero-order valence-corrected chi connectivity index (χ0v) is 17.1. The number of amides is 1. The second kappa shape index (κ2) is 8.36. The van der Waals surface area contributed by atoms with Crippen LogP contribution in [0.2, 0.25) is 0 Å². The molecule has 7 nitrogen and oxygen atoms in total. The molecule has 158 valence electrons. The molecule has 0 saturated carbocycles. The molecule has 1 amide bonds. The van der Waals surface area contributed by atoms with E-state index in [0.29, 0.717) is 36.0 Å². The van der Waals surface area contributed by atoms with Gasteiger partial charge in [0, 0.05) is 18.7 Å². The average molecular weight is 411 g/mol. The van der Waals surface area contributed by atoms with Gasteiger partial charge in [0.1, 0.15) is 29.1 Å². The summed E-state index contributed by atoms with van der Waals surface area (Å²) in [6, 6.07) is 9.48. The van der Waals surface area contributed by atoms with Gasteiger partial charge in [0.15, 0.2) is 0 Å². The molecule has 0 unspecified atom stereocenters. The SMILES string of the molecule is CCOc1ccc(C(O)=C2C(=O)C(=O)N(C[C@H]3CCCO3)[C@H]2c2ccc(C)o2)cc1. The summed E-state index contributed by atoms with van der Waals surface area (Å²) in [6.07, 6.45) is 1.61. The molecule has 4 rings (SSSR count). The summed E-state index contributed by atoms with van der Waals surface area (Å²) in [5.74, 6) is 0.151. The number of carbonyl (C=O) groups excluding carboxylic acids is 2. The molecule has 2 aromatic rings. The second-order valence-electron chi connectivity index (χ2n) is 7.49. The van der Waals surface area contributed by atoms with Crippen molar-refractivity contribution < 1.29 is 28.6 Å². The van der Waals surface area contributed by atoms with E-state index in [4.69, 9.17) is 13.9 Å². The number of hydrogen-bond acceptors (Lipinski definition) is 6. The summed E-state index contributed by atoms with van der Waals surface area (Å²) >= 11 is 0. The first-order valence-corrected chi connectivity index (χ1v) is 10.2. The van der Waals surface area contributed by atoms with Crippen molar-refractivity contribution in [3.05, 3.63) is 59.1 Å². The molecular weight excluding hydrogens is 386 g/mol. The third kappa shape index (κ3) is 3.73. The number of likely N-dealkylation sites (tertiary alicyclic amines) is 1. The van der Waals surface area contributed by atoms with E-state index in [0.717, 1.165) is 12.8 Å². The van der Waals surface area contributed by atoms with Crippen molar-refractivity contribution in [2.45, 2.75) is 38.8 Å². The van der Waals surface area contributed by atoms with E-state index >= 15 is 0 Å². The van der Waals surface area contributed by atoms with Gasteiger partial charge in [0.2, 0.25) is 0 Å². The van der Waals surface area contributed by atoms with Crippen LogP contribution >= 0.6 is 0 Å².